The summed E-state index contributed by atoms with van der Waals surface area (Å²) in [4.78, 5) is 16.8. The Morgan fingerprint density at radius 3 is 2.84 bits per heavy atom. The monoisotopic (exact) mass is 261 g/mol. The van der Waals surface area contributed by atoms with Gasteiger partial charge < -0.3 is 15.2 Å². The van der Waals surface area contributed by atoms with Crippen LogP contribution in [0.1, 0.15) is 43.0 Å². The van der Waals surface area contributed by atoms with Crippen molar-refractivity contribution in [3.8, 4) is 0 Å². The topological polar surface area (TPSA) is 48.1 Å². The second kappa shape index (κ2) is 5.47. The Labute approximate surface area is 114 Å². The fourth-order valence-corrected chi connectivity index (χ4v) is 3.33. The van der Waals surface area contributed by atoms with E-state index in [2.05, 4.69) is 22.2 Å². The summed E-state index contributed by atoms with van der Waals surface area (Å²) in [6.07, 6.45) is 5.82. The van der Waals surface area contributed by atoms with Crippen LogP contribution in [-0.2, 0) is 6.42 Å². The van der Waals surface area contributed by atoms with E-state index in [4.69, 9.17) is 0 Å². The maximum absolute atomic E-state index is 11.4. The SMILES string of the molecule is CN1CCC(NC2CCCc3[nH]c(=O)ccc32)CC1. The molecule has 3 rings (SSSR count). The number of aromatic amines is 1. The number of piperidine rings is 1. The number of fused-ring (bicyclic) bond motifs is 1. The molecule has 19 heavy (non-hydrogen) atoms. The summed E-state index contributed by atoms with van der Waals surface area (Å²) in [6.45, 7) is 2.37. The van der Waals surface area contributed by atoms with Gasteiger partial charge in [-0.05, 0) is 57.8 Å². The minimum atomic E-state index is 0.0266. The van der Waals surface area contributed by atoms with Crippen LogP contribution in [0.3, 0.4) is 0 Å². The number of H-pyrrole nitrogens is 1. The van der Waals surface area contributed by atoms with E-state index in [1.807, 2.05) is 6.07 Å². The first-order valence-electron chi connectivity index (χ1n) is 7.39. The zero-order chi connectivity index (χ0) is 13.2. The van der Waals surface area contributed by atoms with E-state index in [9.17, 15) is 4.79 Å². The predicted octanol–water partition coefficient (Wildman–Crippen LogP) is 1.44. The Hall–Kier alpha value is -1.13. The lowest BCUT2D eigenvalue weighted by Gasteiger charge is -2.34. The normalized spacial score (nSPS) is 25.2. The van der Waals surface area contributed by atoms with E-state index >= 15 is 0 Å². The Balaban J connectivity index is 1.71. The Bertz CT molecular complexity index is 488. The van der Waals surface area contributed by atoms with E-state index < -0.39 is 0 Å². The third-order valence-electron chi connectivity index (χ3n) is 4.49. The number of hydrogen-bond donors (Lipinski definition) is 2. The molecule has 0 spiro atoms. The van der Waals surface area contributed by atoms with Gasteiger partial charge in [-0.2, -0.15) is 0 Å². The van der Waals surface area contributed by atoms with Gasteiger partial charge in [0.1, 0.15) is 0 Å². The van der Waals surface area contributed by atoms with Crippen molar-refractivity contribution < 1.29 is 0 Å². The highest BCUT2D eigenvalue weighted by Gasteiger charge is 2.25. The van der Waals surface area contributed by atoms with E-state index in [1.54, 1.807) is 6.07 Å². The maximum atomic E-state index is 11.4. The standard InChI is InChI=1S/C15H23N3O/c1-18-9-7-11(8-10-18)16-13-3-2-4-14-12(13)5-6-15(19)17-14/h5-6,11,13,16H,2-4,7-10H2,1H3,(H,17,19). The summed E-state index contributed by atoms with van der Waals surface area (Å²) in [6, 6.07) is 4.72. The Morgan fingerprint density at radius 2 is 2.05 bits per heavy atom. The van der Waals surface area contributed by atoms with Crippen LogP contribution < -0.4 is 10.9 Å². The van der Waals surface area contributed by atoms with Crippen LogP contribution >= 0.6 is 0 Å². The maximum Gasteiger partial charge on any atom is 0.248 e. The fraction of sp³-hybridized carbons (Fsp3) is 0.667. The summed E-state index contributed by atoms with van der Waals surface area (Å²) in [5.41, 5.74) is 2.48. The molecule has 2 heterocycles. The quantitative estimate of drug-likeness (QED) is 0.847. The van der Waals surface area contributed by atoms with E-state index in [1.165, 1.54) is 37.9 Å². The molecule has 0 amide bonds. The van der Waals surface area contributed by atoms with Gasteiger partial charge in [0, 0.05) is 23.8 Å². The summed E-state index contributed by atoms with van der Waals surface area (Å²) >= 11 is 0. The molecule has 1 fully saturated rings. The lowest BCUT2D eigenvalue weighted by molar-refractivity contribution is 0.220. The van der Waals surface area contributed by atoms with Crippen molar-refractivity contribution in [2.75, 3.05) is 20.1 Å². The molecule has 1 unspecified atom stereocenters. The number of rotatable bonds is 2. The minimum absolute atomic E-state index is 0.0266. The van der Waals surface area contributed by atoms with Crippen LogP contribution in [0.4, 0.5) is 0 Å². The van der Waals surface area contributed by atoms with Gasteiger partial charge >= 0.3 is 0 Å². The summed E-state index contributed by atoms with van der Waals surface area (Å²) in [5.74, 6) is 0. The second-order valence-electron chi connectivity index (χ2n) is 5.95. The van der Waals surface area contributed by atoms with E-state index in [0.29, 0.717) is 12.1 Å². The highest BCUT2D eigenvalue weighted by atomic mass is 16.1. The molecule has 1 saturated heterocycles. The average Bonchev–Trinajstić information content (AvgIpc) is 2.41. The van der Waals surface area contributed by atoms with Crippen molar-refractivity contribution in [3.63, 3.8) is 0 Å². The van der Waals surface area contributed by atoms with E-state index in [-0.39, 0.29) is 5.56 Å². The molecule has 1 aliphatic carbocycles. The molecule has 4 heteroatoms. The van der Waals surface area contributed by atoms with Gasteiger partial charge in [0.2, 0.25) is 5.56 Å². The highest BCUT2D eigenvalue weighted by Crippen LogP contribution is 2.28. The second-order valence-corrected chi connectivity index (χ2v) is 5.95. The molecule has 0 saturated carbocycles. The molecule has 1 aromatic heterocycles. The zero-order valence-electron chi connectivity index (χ0n) is 11.6. The van der Waals surface area contributed by atoms with Gasteiger partial charge in [0.05, 0.1) is 0 Å². The highest BCUT2D eigenvalue weighted by molar-refractivity contribution is 5.26. The third-order valence-corrected chi connectivity index (χ3v) is 4.49. The lowest BCUT2D eigenvalue weighted by atomic mass is 9.90. The molecule has 2 N–H and O–H groups in total. The number of aryl methyl sites for hydroxylation is 1. The van der Waals surface area contributed by atoms with Crippen LogP contribution in [0.25, 0.3) is 0 Å². The van der Waals surface area contributed by atoms with E-state index in [0.717, 1.165) is 18.5 Å². The molecule has 2 aliphatic rings. The first kappa shape index (κ1) is 12.9. The molecule has 1 aromatic rings. The smallest absolute Gasteiger partial charge is 0.248 e. The van der Waals surface area contributed by atoms with Crippen molar-refractivity contribution in [1.82, 2.24) is 15.2 Å². The van der Waals surface area contributed by atoms with Crippen LogP contribution in [0, 0.1) is 0 Å². The molecule has 0 bridgehead atoms. The van der Waals surface area contributed by atoms with Crippen molar-refractivity contribution in [2.45, 2.75) is 44.2 Å². The van der Waals surface area contributed by atoms with Gasteiger partial charge in [-0.3, -0.25) is 4.79 Å². The molecule has 1 aliphatic heterocycles. The number of nitrogens with zero attached hydrogens (tertiary/aromatic N) is 1. The zero-order valence-corrected chi connectivity index (χ0v) is 11.6. The van der Waals surface area contributed by atoms with Gasteiger partial charge in [0.25, 0.3) is 0 Å². The van der Waals surface area contributed by atoms with Crippen molar-refractivity contribution in [1.29, 1.82) is 0 Å². The first-order valence-corrected chi connectivity index (χ1v) is 7.39. The van der Waals surface area contributed by atoms with Crippen LogP contribution in [0.2, 0.25) is 0 Å². The lowest BCUT2D eigenvalue weighted by Crippen LogP contribution is -2.43. The van der Waals surface area contributed by atoms with Gasteiger partial charge in [-0.1, -0.05) is 6.07 Å². The van der Waals surface area contributed by atoms with Gasteiger partial charge in [-0.25, -0.2) is 0 Å². The third kappa shape index (κ3) is 2.90. The van der Waals surface area contributed by atoms with Crippen LogP contribution in [0.5, 0.6) is 0 Å². The first-order chi connectivity index (χ1) is 9.22. The Morgan fingerprint density at radius 1 is 1.26 bits per heavy atom. The predicted molar refractivity (Wildman–Crippen MR) is 76.4 cm³/mol. The van der Waals surface area contributed by atoms with Crippen molar-refractivity contribution >= 4 is 0 Å². The number of pyridine rings is 1. The molecule has 1 atom stereocenters. The molecule has 104 valence electrons. The van der Waals surface area contributed by atoms with Crippen molar-refractivity contribution in [3.05, 3.63) is 33.7 Å². The molecule has 0 radical (unpaired) electrons. The van der Waals surface area contributed by atoms with Crippen molar-refractivity contribution in [2.24, 2.45) is 0 Å². The molecular formula is C15H23N3O. The average molecular weight is 261 g/mol. The molecule has 0 aromatic carbocycles. The van der Waals surface area contributed by atoms with Crippen LogP contribution in [0.15, 0.2) is 16.9 Å². The number of likely N-dealkylation sites (tertiary alicyclic amines) is 1. The Kier molecular flexibility index (Phi) is 3.71. The largest absolute Gasteiger partial charge is 0.326 e. The summed E-state index contributed by atoms with van der Waals surface area (Å²) in [5, 5.41) is 3.81. The minimum Gasteiger partial charge on any atom is -0.326 e. The molecule has 4 nitrogen and oxygen atoms in total. The fourth-order valence-electron chi connectivity index (χ4n) is 3.33. The number of hydrogen-bond acceptors (Lipinski definition) is 3. The number of aromatic nitrogens is 1. The van der Waals surface area contributed by atoms with Crippen LogP contribution in [-0.4, -0.2) is 36.1 Å². The summed E-state index contributed by atoms with van der Waals surface area (Å²) in [7, 11) is 2.19. The molecular weight excluding hydrogens is 238 g/mol. The summed E-state index contributed by atoms with van der Waals surface area (Å²) < 4.78 is 0. The van der Waals surface area contributed by atoms with Gasteiger partial charge in [0.15, 0.2) is 0 Å². The van der Waals surface area contributed by atoms with Gasteiger partial charge in [-0.15, -0.1) is 0 Å². The number of nitrogens with one attached hydrogen (secondary N) is 2.